The Morgan fingerprint density at radius 2 is 2.21 bits per heavy atom. The van der Waals surface area contributed by atoms with Crippen LogP contribution in [0.4, 0.5) is 5.13 Å². The number of rotatable bonds is 6. The summed E-state index contributed by atoms with van der Waals surface area (Å²) in [6.45, 7) is 1.75. The molecule has 4 N–H and O–H groups in total. The first-order valence-electron chi connectivity index (χ1n) is 9.05. The second-order valence-corrected chi connectivity index (χ2v) is 8.74. The van der Waals surface area contributed by atoms with E-state index in [1.807, 2.05) is 0 Å². The first-order chi connectivity index (χ1) is 15.3. The van der Waals surface area contributed by atoms with Gasteiger partial charge in [-0.05, 0) is 18.6 Å². The van der Waals surface area contributed by atoms with Gasteiger partial charge in [-0.3, -0.25) is 14.5 Å². The molecule has 4 heterocycles. The van der Waals surface area contributed by atoms with Crippen LogP contribution in [-0.4, -0.2) is 60.9 Å². The monoisotopic (exact) mass is 498 g/mol. The van der Waals surface area contributed by atoms with Crippen molar-refractivity contribution >= 4 is 57.8 Å². The zero-order chi connectivity index (χ0) is 23.0. The number of nitrogen functional groups attached to an aromatic ring is 1. The van der Waals surface area contributed by atoms with E-state index < -0.39 is 34.9 Å². The van der Waals surface area contributed by atoms with Crippen molar-refractivity contribution in [3.05, 3.63) is 45.9 Å². The number of amides is 2. The van der Waals surface area contributed by atoms with E-state index in [-0.39, 0.29) is 51.8 Å². The summed E-state index contributed by atoms with van der Waals surface area (Å²) in [4.78, 5) is 42.0. The summed E-state index contributed by atoms with van der Waals surface area (Å²) in [6.07, 6.45) is 3.07. The van der Waals surface area contributed by atoms with Crippen molar-refractivity contribution in [2.75, 3.05) is 11.5 Å². The van der Waals surface area contributed by atoms with E-state index >= 15 is 0 Å². The van der Waals surface area contributed by atoms with Gasteiger partial charge in [-0.1, -0.05) is 16.4 Å². The minimum absolute atomic E-state index is 0. The van der Waals surface area contributed by atoms with E-state index in [4.69, 9.17) is 10.3 Å². The summed E-state index contributed by atoms with van der Waals surface area (Å²) in [5.74, 6) is -2.32. The van der Waals surface area contributed by atoms with Crippen LogP contribution < -0.4 is 45.7 Å². The van der Waals surface area contributed by atoms with Gasteiger partial charge in [0.2, 0.25) is 0 Å². The normalized spacial score (nSPS) is 20.3. The molecular weight excluding hydrogens is 483 g/mol. The molecule has 1 fully saturated rings. The molecule has 15 heteroatoms. The van der Waals surface area contributed by atoms with Crippen molar-refractivity contribution in [3.63, 3.8) is 0 Å². The molecule has 4 rings (SSSR count). The number of aromatic nitrogens is 2. The predicted octanol–water partition coefficient (Wildman–Crippen LogP) is -3.68. The summed E-state index contributed by atoms with van der Waals surface area (Å²) >= 11 is 2.31. The maximum atomic E-state index is 12.7. The maximum Gasteiger partial charge on any atom is 1.00 e. The fourth-order valence-corrected chi connectivity index (χ4v) is 5.09. The molecule has 2 aliphatic heterocycles. The van der Waals surface area contributed by atoms with Crippen molar-refractivity contribution in [3.8, 4) is 0 Å². The number of aryl methyl sites for hydroxylation is 1. The number of allylic oxidation sites excluding steroid dienone is 1. The molecular formula is C18H15N6NaO6S2. The van der Waals surface area contributed by atoms with Gasteiger partial charge in [0, 0.05) is 17.2 Å². The summed E-state index contributed by atoms with van der Waals surface area (Å²) in [5.41, 5.74) is 5.92. The molecule has 2 aromatic heterocycles. The molecule has 12 nitrogen and oxygen atoms in total. The molecule has 0 bridgehead atoms. The van der Waals surface area contributed by atoms with E-state index in [2.05, 4.69) is 20.6 Å². The standard InChI is InChI=1S/C18H16N6O6S2.Na/c1-7-4-9(30-23-7)3-2-8-5-31-16-12(15(26)24(16)13(8)17(27)28)21-14(25)11(22-29)10-6-32-18(19)20-10;/h2-4,6,12,16,29H,5H2,1H3,(H2,19,20)(H,21,25)(H,27,28);/q;+1/p-1/b3-2-,22-11-;/t12-,16-;/m1./s1. The number of carbonyl (C=O) groups excluding carboxylic acids is 3. The Bertz CT molecular complexity index is 1200. The number of β-lactam (4-membered cyclic amide) rings is 1. The molecule has 0 spiro atoms. The number of thioether (sulfide) groups is 1. The molecule has 0 saturated carbocycles. The van der Waals surface area contributed by atoms with E-state index in [0.717, 1.165) is 16.2 Å². The molecule has 2 amide bonds. The number of hydrogen-bond acceptors (Lipinski definition) is 12. The van der Waals surface area contributed by atoms with Crippen LogP contribution in [0.2, 0.25) is 0 Å². The molecule has 0 radical (unpaired) electrons. The second-order valence-electron chi connectivity index (χ2n) is 6.75. The number of nitrogens with two attached hydrogens (primary N) is 1. The number of carbonyl (C=O) groups is 3. The molecule has 2 atom stereocenters. The fourth-order valence-electron chi connectivity index (χ4n) is 3.22. The first-order valence-corrected chi connectivity index (χ1v) is 11.0. The largest absolute Gasteiger partial charge is 1.00 e. The number of carboxylic acids is 1. The molecule has 2 aromatic rings. The van der Waals surface area contributed by atoms with Crippen molar-refractivity contribution in [2.45, 2.75) is 18.3 Å². The zero-order valence-electron chi connectivity index (χ0n) is 17.3. The van der Waals surface area contributed by atoms with Crippen LogP contribution in [0.3, 0.4) is 0 Å². The number of hydrogen-bond donors (Lipinski definition) is 3. The third-order valence-electron chi connectivity index (χ3n) is 4.65. The number of nitrogens with one attached hydrogen (secondary N) is 1. The van der Waals surface area contributed by atoms with Gasteiger partial charge >= 0.3 is 29.6 Å². The minimum Gasteiger partial charge on any atom is -0.543 e. The number of fused-ring (bicyclic) bond motifs is 1. The van der Waals surface area contributed by atoms with Gasteiger partial charge < -0.3 is 30.7 Å². The third kappa shape index (κ3) is 4.84. The first kappa shape index (κ1) is 25.0. The Morgan fingerprint density at radius 1 is 1.45 bits per heavy atom. The molecule has 0 unspecified atom stereocenters. The average molecular weight is 498 g/mol. The van der Waals surface area contributed by atoms with Crippen molar-refractivity contribution < 1.29 is 58.8 Å². The SMILES string of the molecule is Cc1cc(/C=C\C2=C(C(=O)[O-])N3C(=O)[C@@H](NC(=O)/C(=N\O)c4csc(N)n4)[C@H]3SC2)on1.[Na+]. The topological polar surface area (TPSA) is 187 Å². The number of oxime groups is 1. The molecule has 33 heavy (non-hydrogen) atoms. The van der Waals surface area contributed by atoms with Gasteiger partial charge in [0.1, 0.15) is 17.1 Å². The van der Waals surface area contributed by atoms with E-state index in [1.165, 1.54) is 23.2 Å². The zero-order valence-corrected chi connectivity index (χ0v) is 21.0. The van der Waals surface area contributed by atoms with Crippen LogP contribution in [0.15, 0.2) is 38.5 Å². The Balaban J connectivity index is 0.00000306. The molecule has 1 saturated heterocycles. The van der Waals surface area contributed by atoms with E-state index in [1.54, 1.807) is 19.1 Å². The van der Waals surface area contributed by atoms with E-state index in [9.17, 15) is 24.7 Å². The van der Waals surface area contributed by atoms with Crippen LogP contribution in [0, 0.1) is 6.92 Å². The predicted molar refractivity (Wildman–Crippen MR) is 112 cm³/mol. The van der Waals surface area contributed by atoms with E-state index in [0.29, 0.717) is 17.0 Å². The Morgan fingerprint density at radius 3 is 2.79 bits per heavy atom. The average Bonchev–Trinajstić information content (AvgIpc) is 3.38. The van der Waals surface area contributed by atoms with Crippen LogP contribution in [-0.2, 0) is 14.4 Å². The number of carboxylic acid groups (broad SMARTS) is 1. The summed E-state index contributed by atoms with van der Waals surface area (Å²) < 4.78 is 5.06. The van der Waals surface area contributed by atoms with Crippen molar-refractivity contribution in [1.82, 2.24) is 20.4 Å². The van der Waals surface area contributed by atoms with Gasteiger partial charge in [0.25, 0.3) is 11.8 Å². The molecule has 0 aliphatic carbocycles. The van der Waals surface area contributed by atoms with Crippen molar-refractivity contribution in [1.29, 1.82) is 0 Å². The fraction of sp³-hybridized carbons (Fsp3) is 0.222. The van der Waals surface area contributed by atoms with Crippen molar-refractivity contribution in [2.24, 2.45) is 5.16 Å². The summed E-state index contributed by atoms with van der Waals surface area (Å²) in [5, 5.41) is 31.1. The van der Waals surface area contributed by atoms with Crippen LogP contribution in [0.25, 0.3) is 6.08 Å². The Labute approximate surface area is 216 Å². The van der Waals surface area contributed by atoms with Crippen LogP contribution in [0.5, 0.6) is 0 Å². The quantitative estimate of drug-likeness (QED) is 0.118. The maximum absolute atomic E-state index is 12.7. The minimum atomic E-state index is -1.52. The number of aliphatic carboxylic acids is 1. The van der Waals surface area contributed by atoms with Gasteiger partial charge in [0.15, 0.2) is 16.6 Å². The number of nitrogens with zero attached hydrogens (tertiary/aromatic N) is 4. The Hall–Kier alpha value is -2.65. The third-order valence-corrected chi connectivity index (χ3v) is 6.63. The summed E-state index contributed by atoms with van der Waals surface area (Å²) in [6, 6.07) is 0.655. The Kier molecular flexibility index (Phi) is 7.64. The van der Waals surface area contributed by atoms with Crippen LogP contribution in [0.1, 0.15) is 17.1 Å². The molecule has 2 aliphatic rings. The molecule has 0 aromatic carbocycles. The van der Waals surface area contributed by atoms with Gasteiger partial charge in [0.05, 0.1) is 17.4 Å². The smallest absolute Gasteiger partial charge is 0.543 e. The van der Waals surface area contributed by atoms with Crippen LogP contribution >= 0.6 is 23.1 Å². The second kappa shape index (κ2) is 10.1. The number of thiazole rings is 1. The van der Waals surface area contributed by atoms with Gasteiger partial charge in [-0.25, -0.2) is 4.98 Å². The summed E-state index contributed by atoms with van der Waals surface area (Å²) in [7, 11) is 0. The van der Waals surface area contributed by atoms with Gasteiger partial charge in [-0.2, -0.15) is 0 Å². The number of anilines is 1. The van der Waals surface area contributed by atoms with Gasteiger partial charge in [-0.15, -0.1) is 23.1 Å². The molecule has 166 valence electrons.